The summed E-state index contributed by atoms with van der Waals surface area (Å²) in [6, 6.07) is 6.24. The molecule has 5 atom stereocenters. The maximum absolute atomic E-state index is 11.9. The standard InChI is InChI=1S/C18H21ClN6O10P2/c19-18-22-15(24-20-5-9-1-3-10(26)4-2-9)11-6-21-25(16(11)23-18)17-14(28)13(27)12(35-17)7-34-37(32,33)8-36(29,30)31/h1-6,12-14,17,26-28H,7-8H2,(H,32,33)(H,22,23,24)(H2,29,30,31)/b20-5+/t12-,13-,14-,17-/m1/s1. The van der Waals surface area contributed by atoms with Crippen molar-refractivity contribution in [3.8, 4) is 5.75 Å². The Morgan fingerprint density at radius 1 is 1.16 bits per heavy atom. The zero-order valence-corrected chi connectivity index (χ0v) is 21.1. The van der Waals surface area contributed by atoms with E-state index in [2.05, 4.69) is 25.6 Å². The molecule has 1 aromatic carbocycles. The summed E-state index contributed by atoms with van der Waals surface area (Å²) in [6.07, 6.45) is -3.08. The number of ether oxygens (including phenoxy) is 1. The van der Waals surface area contributed by atoms with E-state index in [-0.39, 0.29) is 22.5 Å². The zero-order valence-electron chi connectivity index (χ0n) is 18.5. The molecule has 0 aliphatic carbocycles. The van der Waals surface area contributed by atoms with E-state index in [1.165, 1.54) is 24.5 Å². The summed E-state index contributed by atoms with van der Waals surface area (Å²) in [5.74, 6) is -1.16. The van der Waals surface area contributed by atoms with Gasteiger partial charge in [-0.2, -0.15) is 20.2 Å². The normalized spacial score (nSPS) is 24.1. The van der Waals surface area contributed by atoms with Crippen LogP contribution in [-0.2, 0) is 18.4 Å². The number of aliphatic hydroxyl groups is 2. The summed E-state index contributed by atoms with van der Waals surface area (Å²) in [5, 5.41) is 38.5. The first-order valence-electron chi connectivity index (χ1n) is 10.3. The van der Waals surface area contributed by atoms with Crippen LogP contribution in [0, 0.1) is 0 Å². The van der Waals surface area contributed by atoms with Gasteiger partial charge in [-0.05, 0) is 41.4 Å². The number of hydrogen-bond donors (Lipinski definition) is 7. The highest BCUT2D eigenvalue weighted by Gasteiger charge is 2.46. The van der Waals surface area contributed by atoms with Crippen LogP contribution in [0.15, 0.2) is 35.6 Å². The van der Waals surface area contributed by atoms with Crippen molar-refractivity contribution in [1.29, 1.82) is 0 Å². The van der Waals surface area contributed by atoms with Gasteiger partial charge in [-0.1, -0.05) is 0 Å². The molecular formula is C18H21ClN6O10P2. The molecule has 0 amide bonds. The molecule has 1 aliphatic heterocycles. The summed E-state index contributed by atoms with van der Waals surface area (Å²) in [4.78, 5) is 35.6. The first-order valence-corrected chi connectivity index (χ1v) is 14.3. The predicted molar refractivity (Wildman–Crippen MR) is 128 cm³/mol. The fourth-order valence-electron chi connectivity index (χ4n) is 3.43. The van der Waals surface area contributed by atoms with Crippen molar-refractivity contribution < 1.29 is 48.4 Å². The third-order valence-electron chi connectivity index (χ3n) is 5.09. The number of aromatic nitrogens is 4. The molecule has 19 heteroatoms. The molecule has 37 heavy (non-hydrogen) atoms. The molecule has 0 spiro atoms. The fourth-order valence-corrected chi connectivity index (χ4v) is 6.16. The summed E-state index contributed by atoms with van der Waals surface area (Å²) < 4.78 is 34.3. The van der Waals surface area contributed by atoms with Gasteiger partial charge in [0.05, 0.1) is 24.4 Å². The van der Waals surface area contributed by atoms with Crippen LogP contribution in [0.25, 0.3) is 11.0 Å². The Hall–Kier alpha value is -2.49. The van der Waals surface area contributed by atoms with Crippen LogP contribution in [0.5, 0.6) is 5.75 Å². The zero-order chi connectivity index (χ0) is 27.0. The molecule has 7 N–H and O–H groups in total. The topological polar surface area (TPSA) is 242 Å². The van der Waals surface area contributed by atoms with Gasteiger partial charge in [0.25, 0.3) is 0 Å². The second-order valence-electron chi connectivity index (χ2n) is 7.91. The van der Waals surface area contributed by atoms with E-state index >= 15 is 0 Å². The number of anilines is 1. The fraction of sp³-hybridized carbons (Fsp3) is 0.333. The van der Waals surface area contributed by atoms with Crippen LogP contribution in [0.4, 0.5) is 5.82 Å². The lowest BCUT2D eigenvalue weighted by molar-refractivity contribution is -0.0541. The van der Waals surface area contributed by atoms with Crippen LogP contribution in [-0.4, -0.2) is 86.8 Å². The average Bonchev–Trinajstić information content (AvgIpc) is 3.33. The van der Waals surface area contributed by atoms with E-state index in [4.69, 9.17) is 30.6 Å². The number of nitrogens with zero attached hydrogens (tertiary/aromatic N) is 5. The van der Waals surface area contributed by atoms with Gasteiger partial charge in [0.1, 0.15) is 24.1 Å². The first kappa shape index (κ1) is 27.5. The molecule has 1 saturated heterocycles. The number of phenols is 1. The summed E-state index contributed by atoms with van der Waals surface area (Å²) >= 11 is 6.04. The minimum absolute atomic E-state index is 0.0921. The quantitative estimate of drug-likeness (QED) is 0.0795. The number of fused-ring (bicyclic) bond motifs is 1. The van der Waals surface area contributed by atoms with Gasteiger partial charge in [0.2, 0.25) is 5.28 Å². The third kappa shape index (κ3) is 6.69. The van der Waals surface area contributed by atoms with Crippen molar-refractivity contribution in [3.05, 3.63) is 41.3 Å². The highest BCUT2D eigenvalue weighted by molar-refractivity contribution is 7.70. The third-order valence-corrected chi connectivity index (χ3v) is 8.71. The molecule has 0 saturated carbocycles. The Kier molecular flexibility index (Phi) is 7.97. The number of hydrazone groups is 1. The molecule has 3 heterocycles. The first-order chi connectivity index (χ1) is 17.3. The Morgan fingerprint density at radius 2 is 1.86 bits per heavy atom. The van der Waals surface area contributed by atoms with E-state index in [1.807, 2.05) is 0 Å². The molecule has 1 aliphatic rings. The molecule has 1 unspecified atom stereocenters. The minimum atomic E-state index is -4.85. The SMILES string of the molecule is O=P(O)(O)CP(=O)(O)OC[C@H]1O[C@@H](n2ncc3c(N/N=C/c4ccc(O)cc4)nc(Cl)nc32)[C@H](O)[C@@H]1O. The van der Waals surface area contributed by atoms with E-state index in [0.717, 1.165) is 4.68 Å². The highest BCUT2D eigenvalue weighted by Crippen LogP contribution is 2.55. The lowest BCUT2D eigenvalue weighted by Gasteiger charge is -2.18. The van der Waals surface area contributed by atoms with Crippen molar-refractivity contribution in [1.82, 2.24) is 19.7 Å². The van der Waals surface area contributed by atoms with Gasteiger partial charge in [-0.15, -0.1) is 0 Å². The molecule has 3 aromatic rings. The van der Waals surface area contributed by atoms with Crippen LogP contribution in [0.1, 0.15) is 11.8 Å². The summed E-state index contributed by atoms with van der Waals surface area (Å²) in [6.45, 7) is -0.754. The molecule has 0 radical (unpaired) electrons. The molecule has 200 valence electrons. The molecular weight excluding hydrogens is 558 g/mol. The van der Waals surface area contributed by atoms with Crippen LogP contribution < -0.4 is 5.43 Å². The molecule has 4 rings (SSSR count). The number of halogens is 1. The number of nitrogens with one attached hydrogen (secondary N) is 1. The van der Waals surface area contributed by atoms with Gasteiger partial charge in [-0.25, -0.2) is 4.68 Å². The van der Waals surface area contributed by atoms with E-state index in [0.29, 0.717) is 10.9 Å². The van der Waals surface area contributed by atoms with Crippen LogP contribution in [0.3, 0.4) is 0 Å². The van der Waals surface area contributed by atoms with Crippen molar-refractivity contribution in [3.63, 3.8) is 0 Å². The maximum Gasteiger partial charge on any atom is 0.340 e. The summed E-state index contributed by atoms with van der Waals surface area (Å²) in [7, 11) is -9.56. The molecule has 1 fully saturated rings. The lowest BCUT2D eigenvalue weighted by Crippen LogP contribution is -2.33. The Balaban J connectivity index is 1.52. The number of phenolic OH excluding ortho intramolecular Hbond substituents is 1. The number of benzene rings is 1. The van der Waals surface area contributed by atoms with E-state index in [9.17, 15) is 29.3 Å². The number of rotatable bonds is 9. The van der Waals surface area contributed by atoms with E-state index in [1.54, 1.807) is 12.1 Å². The highest BCUT2D eigenvalue weighted by atomic mass is 35.5. The number of hydrogen-bond acceptors (Lipinski definition) is 12. The molecule has 2 aromatic heterocycles. The Morgan fingerprint density at radius 3 is 2.54 bits per heavy atom. The smallest absolute Gasteiger partial charge is 0.340 e. The van der Waals surface area contributed by atoms with Crippen LogP contribution in [0.2, 0.25) is 5.28 Å². The van der Waals surface area contributed by atoms with Crippen LogP contribution >= 0.6 is 26.8 Å². The Labute approximate surface area is 212 Å². The number of aromatic hydroxyl groups is 1. The van der Waals surface area contributed by atoms with Crippen molar-refractivity contribution in [2.45, 2.75) is 24.5 Å². The second kappa shape index (κ2) is 10.7. The predicted octanol–water partition coefficient (Wildman–Crippen LogP) is 0.588. The minimum Gasteiger partial charge on any atom is -0.508 e. The maximum atomic E-state index is 11.9. The summed E-state index contributed by atoms with van der Waals surface area (Å²) in [5.41, 5.74) is 3.47. The van der Waals surface area contributed by atoms with Gasteiger partial charge in [0.15, 0.2) is 23.6 Å². The van der Waals surface area contributed by atoms with Gasteiger partial charge in [-0.3, -0.25) is 14.6 Å². The van der Waals surface area contributed by atoms with Crippen molar-refractivity contribution in [2.24, 2.45) is 5.10 Å². The molecule has 16 nitrogen and oxygen atoms in total. The van der Waals surface area contributed by atoms with Gasteiger partial charge >= 0.3 is 15.2 Å². The Bertz CT molecular complexity index is 1400. The molecule has 0 bridgehead atoms. The largest absolute Gasteiger partial charge is 0.508 e. The van der Waals surface area contributed by atoms with Gasteiger partial charge in [0, 0.05) is 0 Å². The monoisotopic (exact) mass is 578 g/mol. The van der Waals surface area contributed by atoms with Gasteiger partial charge < -0.3 is 39.3 Å². The lowest BCUT2D eigenvalue weighted by atomic mass is 10.1. The average molecular weight is 579 g/mol. The second-order valence-corrected chi connectivity index (χ2v) is 12.2. The van der Waals surface area contributed by atoms with Crippen molar-refractivity contribution in [2.75, 3.05) is 17.9 Å². The van der Waals surface area contributed by atoms with E-state index < -0.39 is 52.2 Å². The van der Waals surface area contributed by atoms with Crippen molar-refractivity contribution >= 4 is 49.9 Å². The number of aliphatic hydroxyl groups excluding tert-OH is 2.